The fourth-order valence-corrected chi connectivity index (χ4v) is 4.32. The molecule has 8 heteroatoms. The van der Waals surface area contributed by atoms with Crippen LogP contribution >= 0.6 is 34.5 Å². The van der Waals surface area contributed by atoms with Crippen molar-refractivity contribution in [3.05, 3.63) is 44.2 Å². The number of carbonyl (C=O) groups is 2. The van der Waals surface area contributed by atoms with Crippen LogP contribution in [0, 0.1) is 0 Å². The summed E-state index contributed by atoms with van der Waals surface area (Å²) in [4.78, 5) is 25.7. The van der Waals surface area contributed by atoms with Gasteiger partial charge in [-0.05, 0) is 49.9 Å². The average Bonchev–Trinajstić information content (AvgIpc) is 3.11. The third-order valence-electron chi connectivity index (χ3n) is 3.81. The lowest BCUT2D eigenvalue weighted by Gasteiger charge is -2.10. The molecule has 132 valence electrons. The molecule has 0 aliphatic heterocycles. The number of hydrogen-bond donors (Lipinski definition) is 2. The maximum atomic E-state index is 12.3. The number of aryl methyl sites for hydroxylation is 1. The first kappa shape index (κ1) is 18.0. The molecular formula is C17H16Cl2N2O3S. The lowest BCUT2D eigenvalue weighted by Crippen LogP contribution is -2.20. The molecule has 0 saturated carbocycles. The molecule has 2 N–H and O–H groups in total. The van der Waals surface area contributed by atoms with E-state index in [4.69, 9.17) is 27.9 Å². The molecule has 2 aromatic rings. The van der Waals surface area contributed by atoms with E-state index in [0.29, 0.717) is 32.9 Å². The first-order valence-corrected chi connectivity index (χ1v) is 9.41. The molecule has 25 heavy (non-hydrogen) atoms. The van der Waals surface area contributed by atoms with E-state index in [-0.39, 0.29) is 0 Å². The summed E-state index contributed by atoms with van der Waals surface area (Å²) in [5.41, 5.74) is 1.98. The fraction of sp³-hybridized carbons (Fsp3) is 0.294. The molecule has 1 aromatic carbocycles. The van der Waals surface area contributed by atoms with Gasteiger partial charge in [0.2, 0.25) is 0 Å². The quantitative estimate of drug-likeness (QED) is 0.680. The predicted octanol–water partition coefficient (Wildman–Crippen LogP) is 5.36. The van der Waals surface area contributed by atoms with Crippen LogP contribution < -0.4 is 10.6 Å². The van der Waals surface area contributed by atoms with E-state index in [1.54, 1.807) is 25.1 Å². The number of urea groups is 1. The van der Waals surface area contributed by atoms with Gasteiger partial charge in [0, 0.05) is 10.6 Å². The van der Waals surface area contributed by atoms with Crippen LogP contribution in [0.25, 0.3) is 0 Å². The van der Waals surface area contributed by atoms with Crippen LogP contribution in [0.3, 0.4) is 0 Å². The number of esters is 1. The Balaban J connectivity index is 1.79. The second-order valence-electron chi connectivity index (χ2n) is 5.49. The summed E-state index contributed by atoms with van der Waals surface area (Å²) in [6.07, 6.45) is 2.77. The van der Waals surface area contributed by atoms with E-state index in [1.807, 2.05) is 0 Å². The highest BCUT2D eigenvalue weighted by Gasteiger charge is 2.28. The van der Waals surface area contributed by atoms with Gasteiger partial charge in [-0.1, -0.05) is 23.2 Å². The lowest BCUT2D eigenvalue weighted by atomic mass is 10.1. The van der Waals surface area contributed by atoms with Crippen molar-refractivity contribution in [2.24, 2.45) is 0 Å². The minimum absolute atomic E-state index is 0.290. The van der Waals surface area contributed by atoms with Gasteiger partial charge < -0.3 is 10.1 Å². The maximum Gasteiger partial charge on any atom is 0.341 e. The van der Waals surface area contributed by atoms with E-state index < -0.39 is 12.0 Å². The first-order valence-electron chi connectivity index (χ1n) is 7.84. The Morgan fingerprint density at radius 3 is 2.72 bits per heavy atom. The molecule has 0 fully saturated rings. The number of carbonyl (C=O) groups excluding carboxylic acids is 2. The number of nitrogens with one attached hydrogen (secondary N) is 2. The molecule has 1 aliphatic carbocycles. The molecule has 0 spiro atoms. The Labute approximate surface area is 159 Å². The summed E-state index contributed by atoms with van der Waals surface area (Å²) in [6.45, 7) is 2.05. The minimum atomic E-state index is -0.455. The van der Waals surface area contributed by atoms with Crippen molar-refractivity contribution in [1.29, 1.82) is 0 Å². The Bertz CT molecular complexity index is 836. The van der Waals surface area contributed by atoms with E-state index in [2.05, 4.69) is 10.6 Å². The van der Waals surface area contributed by atoms with Crippen molar-refractivity contribution in [2.45, 2.75) is 26.2 Å². The van der Waals surface area contributed by atoms with Crippen LogP contribution in [0.5, 0.6) is 0 Å². The number of fused-ring (bicyclic) bond motifs is 1. The Morgan fingerprint density at radius 1 is 1.20 bits per heavy atom. The van der Waals surface area contributed by atoms with Crippen molar-refractivity contribution < 1.29 is 14.3 Å². The van der Waals surface area contributed by atoms with E-state index in [0.717, 1.165) is 29.7 Å². The van der Waals surface area contributed by atoms with Crippen LogP contribution in [0.4, 0.5) is 15.5 Å². The van der Waals surface area contributed by atoms with Crippen molar-refractivity contribution in [1.82, 2.24) is 0 Å². The number of amides is 2. The highest BCUT2D eigenvalue weighted by Crippen LogP contribution is 2.39. The summed E-state index contributed by atoms with van der Waals surface area (Å²) >= 11 is 13.2. The van der Waals surface area contributed by atoms with Gasteiger partial charge in [-0.15, -0.1) is 11.3 Å². The first-order chi connectivity index (χ1) is 12.0. The van der Waals surface area contributed by atoms with Gasteiger partial charge >= 0.3 is 12.0 Å². The number of rotatable bonds is 4. The monoisotopic (exact) mass is 398 g/mol. The smallest absolute Gasteiger partial charge is 0.341 e. The highest BCUT2D eigenvalue weighted by molar-refractivity contribution is 7.17. The van der Waals surface area contributed by atoms with Gasteiger partial charge in [0.15, 0.2) is 0 Å². The average molecular weight is 399 g/mol. The number of benzene rings is 1. The molecule has 1 aromatic heterocycles. The fourth-order valence-electron chi connectivity index (χ4n) is 2.75. The third kappa shape index (κ3) is 3.92. The molecule has 0 bridgehead atoms. The summed E-state index contributed by atoms with van der Waals surface area (Å²) in [5.74, 6) is -0.397. The normalized spacial score (nSPS) is 12.6. The Kier molecular flexibility index (Phi) is 5.51. The van der Waals surface area contributed by atoms with Crippen LogP contribution in [-0.2, 0) is 17.6 Å². The lowest BCUT2D eigenvalue weighted by molar-refractivity contribution is 0.0527. The standard InChI is InChI=1S/C17H16Cl2N2O3S/c1-2-24-16(22)14-10-4-3-5-13(10)25-15(14)21-17(23)20-9-6-7-11(18)12(19)8-9/h6-8H,2-5H2,1H3,(H2,20,21,23). The number of ether oxygens (including phenoxy) is 1. The molecule has 2 amide bonds. The summed E-state index contributed by atoms with van der Waals surface area (Å²) in [5, 5.41) is 6.71. The van der Waals surface area contributed by atoms with Gasteiger partial charge in [0.05, 0.1) is 22.2 Å². The number of hydrogen-bond acceptors (Lipinski definition) is 4. The maximum absolute atomic E-state index is 12.3. The van der Waals surface area contributed by atoms with Crippen molar-refractivity contribution in [3.63, 3.8) is 0 Å². The molecule has 1 aliphatic rings. The minimum Gasteiger partial charge on any atom is -0.462 e. The highest BCUT2D eigenvalue weighted by atomic mass is 35.5. The summed E-state index contributed by atoms with van der Waals surface area (Å²) < 4.78 is 5.14. The largest absolute Gasteiger partial charge is 0.462 e. The predicted molar refractivity (Wildman–Crippen MR) is 101 cm³/mol. The third-order valence-corrected chi connectivity index (χ3v) is 5.75. The Hall–Kier alpha value is -1.76. The molecule has 5 nitrogen and oxygen atoms in total. The number of halogens is 2. The molecule has 3 rings (SSSR count). The molecule has 0 unspecified atom stereocenters. The second kappa shape index (κ2) is 7.64. The van der Waals surface area contributed by atoms with Gasteiger partial charge in [-0.3, -0.25) is 5.32 Å². The Morgan fingerprint density at radius 2 is 2.00 bits per heavy atom. The van der Waals surface area contributed by atoms with Gasteiger partial charge in [0.1, 0.15) is 5.00 Å². The number of anilines is 2. The number of thiophene rings is 1. The SMILES string of the molecule is CCOC(=O)c1c(NC(=O)Nc2ccc(Cl)c(Cl)c2)sc2c1CCC2. The molecule has 0 saturated heterocycles. The zero-order chi connectivity index (χ0) is 18.0. The zero-order valence-corrected chi connectivity index (χ0v) is 15.8. The summed E-state index contributed by atoms with van der Waals surface area (Å²) in [7, 11) is 0. The van der Waals surface area contributed by atoms with Crippen molar-refractivity contribution >= 4 is 57.2 Å². The van der Waals surface area contributed by atoms with Crippen LogP contribution in [0.2, 0.25) is 10.0 Å². The van der Waals surface area contributed by atoms with Crippen molar-refractivity contribution in [2.75, 3.05) is 17.2 Å². The molecule has 0 atom stereocenters. The van der Waals surface area contributed by atoms with Crippen LogP contribution in [0.15, 0.2) is 18.2 Å². The molecule has 0 radical (unpaired) electrons. The van der Waals surface area contributed by atoms with E-state index in [9.17, 15) is 9.59 Å². The molecular weight excluding hydrogens is 383 g/mol. The molecule has 1 heterocycles. The van der Waals surface area contributed by atoms with Gasteiger partial charge in [0.25, 0.3) is 0 Å². The second-order valence-corrected chi connectivity index (χ2v) is 7.41. The zero-order valence-electron chi connectivity index (χ0n) is 13.4. The topological polar surface area (TPSA) is 67.4 Å². The summed E-state index contributed by atoms with van der Waals surface area (Å²) in [6, 6.07) is 4.35. The van der Waals surface area contributed by atoms with Crippen LogP contribution in [-0.4, -0.2) is 18.6 Å². The van der Waals surface area contributed by atoms with Gasteiger partial charge in [-0.2, -0.15) is 0 Å². The van der Waals surface area contributed by atoms with Crippen LogP contribution in [0.1, 0.15) is 34.1 Å². The van der Waals surface area contributed by atoms with E-state index >= 15 is 0 Å². The van der Waals surface area contributed by atoms with E-state index in [1.165, 1.54) is 11.3 Å². The van der Waals surface area contributed by atoms with Gasteiger partial charge in [-0.25, -0.2) is 9.59 Å². The van der Waals surface area contributed by atoms with Crippen molar-refractivity contribution in [3.8, 4) is 0 Å².